The fourth-order valence-corrected chi connectivity index (χ4v) is 3.39. The Morgan fingerprint density at radius 2 is 1.73 bits per heavy atom. The molecule has 0 saturated heterocycles. The summed E-state index contributed by atoms with van der Waals surface area (Å²) < 4.78 is 55.4. The van der Waals surface area contributed by atoms with Crippen molar-refractivity contribution in [3.63, 3.8) is 0 Å². The van der Waals surface area contributed by atoms with E-state index in [2.05, 4.69) is 4.99 Å². The number of benzene rings is 3. The maximum atomic E-state index is 13.0. The van der Waals surface area contributed by atoms with Crippen LogP contribution in [0.15, 0.2) is 71.4 Å². The highest BCUT2D eigenvalue weighted by Crippen LogP contribution is 2.40. The van der Waals surface area contributed by atoms with Crippen LogP contribution in [0.5, 0.6) is 17.2 Å². The Balaban J connectivity index is 1.65. The van der Waals surface area contributed by atoms with E-state index in [9.17, 15) is 28.1 Å². The number of nitro benzene ring substituents is 1. The minimum Gasteiger partial charge on any atom is -0.490 e. The quantitative estimate of drug-likeness (QED) is 0.156. The monoisotopic (exact) mass is 512 g/mol. The summed E-state index contributed by atoms with van der Waals surface area (Å²) in [5.74, 6) is -0.688. The first-order valence-electron chi connectivity index (χ1n) is 10.9. The van der Waals surface area contributed by atoms with Gasteiger partial charge >= 0.3 is 17.8 Å². The Morgan fingerprint density at radius 1 is 1.03 bits per heavy atom. The highest BCUT2D eigenvalue weighted by molar-refractivity contribution is 6.12. The van der Waals surface area contributed by atoms with Crippen LogP contribution in [-0.2, 0) is 15.7 Å². The van der Waals surface area contributed by atoms with Gasteiger partial charge in [-0.05, 0) is 61.9 Å². The summed E-state index contributed by atoms with van der Waals surface area (Å²) >= 11 is 0. The van der Waals surface area contributed by atoms with Crippen LogP contribution in [0.2, 0.25) is 0 Å². The summed E-state index contributed by atoms with van der Waals surface area (Å²) in [5.41, 5.74) is 0.183. The Hall–Kier alpha value is -4.67. The zero-order valence-electron chi connectivity index (χ0n) is 19.5. The molecule has 0 saturated carbocycles. The Bertz CT molecular complexity index is 1430. The van der Waals surface area contributed by atoms with Crippen molar-refractivity contribution in [2.24, 2.45) is 4.99 Å². The summed E-state index contributed by atoms with van der Waals surface area (Å²) in [6.45, 7) is 3.82. The summed E-state index contributed by atoms with van der Waals surface area (Å²) in [4.78, 5) is 27.0. The first-order valence-corrected chi connectivity index (χ1v) is 10.9. The molecule has 0 amide bonds. The molecular formula is C26H19F3N2O6. The lowest BCUT2D eigenvalue weighted by Gasteiger charge is -2.13. The average Bonchev–Trinajstić information content (AvgIpc) is 3.20. The third-order valence-electron chi connectivity index (χ3n) is 5.19. The number of carbonyl (C=O) groups is 1. The second kappa shape index (κ2) is 10.1. The smallest absolute Gasteiger partial charge is 0.416 e. The third-order valence-corrected chi connectivity index (χ3v) is 5.19. The number of aryl methyl sites for hydroxylation is 1. The molecule has 1 aliphatic heterocycles. The van der Waals surface area contributed by atoms with Crippen molar-refractivity contribution in [2.45, 2.75) is 20.0 Å². The van der Waals surface area contributed by atoms with Gasteiger partial charge in [0, 0.05) is 11.6 Å². The molecule has 4 rings (SSSR count). The lowest BCUT2D eigenvalue weighted by molar-refractivity contribution is -0.385. The van der Waals surface area contributed by atoms with E-state index in [0.717, 1.165) is 11.6 Å². The molecule has 3 aromatic carbocycles. The fraction of sp³-hybridized carbons (Fsp3) is 0.154. The molecule has 0 radical (unpaired) electrons. The number of hydrogen-bond acceptors (Lipinski definition) is 7. The minimum absolute atomic E-state index is 0.0321. The molecule has 0 aromatic heterocycles. The van der Waals surface area contributed by atoms with Crippen LogP contribution < -0.4 is 9.47 Å². The van der Waals surface area contributed by atoms with Crippen molar-refractivity contribution in [1.29, 1.82) is 0 Å². The third kappa shape index (κ3) is 5.77. The molecule has 190 valence electrons. The highest BCUT2D eigenvalue weighted by Gasteiger charge is 2.33. The van der Waals surface area contributed by atoms with Gasteiger partial charge in [-0.15, -0.1) is 0 Å². The maximum absolute atomic E-state index is 13.0. The van der Waals surface area contributed by atoms with Gasteiger partial charge in [-0.2, -0.15) is 13.2 Å². The van der Waals surface area contributed by atoms with Gasteiger partial charge in [-0.3, -0.25) is 10.1 Å². The number of nitro groups is 1. The van der Waals surface area contributed by atoms with Crippen LogP contribution in [-0.4, -0.2) is 23.4 Å². The van der Waals surface area contributed by atoms with Gasteiger partial charge < -0.3 is 14.2 Å². The van der Waals surface area contributed by atoms with Gasteiger partial charge in [0.1, 0.15) is 0 Å². The Morgan fingerprint density at radius 3 is 2.38 bits per heavy atom. The molecule has 0 atom stereocenters. The number of aliphatic imine (C=N–C) groups is 1. The number of ether oxygens (including phenoxy) is 3. The van der Waals surface area contributed by atoms with Crippen LogP contribution in [0.25, 0.3) is 6.08 Å². The normalized spacial score (nSPS) is 14.4. The fourth-order valence-electron chi connectivity index (χ4n) is 3.39. The number of nitrogens with zero attached hydrogens (tertiary/aromatic N) is 2. The van der Waals surface area contributed by atoms with Crippen LogP contribution in [0.3, 0.4) is 0 Å². The molecule has 0 N–H and O–H groups in total. The molecule has 0 bridgehead atoms. The van der Waals surface area contributed by atoms with Crippen molar-refractivity contribution >= 4 is 23.6 Å². The Labute approximate surface area is 208 Å². The summed E-state index contributed by atoms with van der Waals surface area (Å²) in [6, 6.07) is 13.7. The first kappa shape index (κ1) is 25.4. The number of hydrogen-bond donors (Lipinski definition) is 0. The van der Waals surface area contributed by atoms with Crippen molar-refractivity contribution in [1.82, 2.24) is 0 Å². The van der Waals surface area contributed by atoms with Gasteiger partial charge in [-0.1, -0.05) is 23.8 Å². The maximum Gasteiger partial charge on any atom is 0.416 e. The zero-order chi connectivity index (χ0) is 26.7. The van der Waals surface area contributed by atoms with E-state index in [1.807, 2.05) is 19.1 Å². The standard InChI is InChI=1S/C26H19F3N2O6/c1-3-35-23-13-16(12-19-25(32)37-24(30-19)17-7-4-15(2)5-8-17)6-10-22(23)36-21-11-9-18(26(27,28)29)14-20(21)31(33)34/h4-14H,3H2,1-2H3/b19-12-. The zero-order valence-corrected chi connectivity index (χ0v) is 19.5. The van der Waals surface area contributed by atoms with E-state index in [4.69, 9.17) is 14.2 Å². The molecule has 0 unspecified atom stereocenters. The molecule has 0 fully saturated rings. The molecule has 3 aromatic rings. The first-order chi connectivity index (χ1) is 17.5. The van der Waals surface area contributed by atoms with Crippen LogP contribution in [0.4, 0.5) is 18.9 Å². The van der Waals surface area contributed by atoms with Crippen molar-refractivity contribution in [2.75, 3.05) is 6.61 Å². The van der Waals surface area contributed by atoms with Crippen LogP contribution in [0, 0.1) is 17.0 Å². The predicted molar refractivity (Wildman–Crippen MR) is 128 cm³/mol. The molecule has 8 nitrogen and oxygen atoms in total. The van der Waals surface area contributed by atoms with E-state index in [0.29, 0.717) is 23.3 Å². The summed E-state index contributed by atoms with van der Waals surface area (Å²) in [7, 11) is 0. The topological polar surface area (TPSA) is 100 Å². The summed E-state index contributed by atoms with van der Waals surface area (Å²) in [6.07, 6.45) is -3.28. The van der Waals surface area contributed by atoms with Crippen molar-refractivity contribution in [3.8, 4) is 17.2 Å². The lowest BCUT2D eigenvalue weighted by Crippen LogP contribution is -2.06. The number of carbonyl (C=O) groups excluding carboxylic acids is 1. The van der Waals surface area contributed by atoms with Crippen molar-refractivity contribution < 1.29 is 37.1 Å². The summed E-state index contributed by atoms with van der Waals surface area (Å²) in [5, 5.41) is 11.4. The number of esters is 1. The van der Waals surface area contributed by atoms with Crippen LogP contribution >= 0.6 is 0 Å². The average molecular weight is 512 g/mol. The second-order valence-electron chi connectivity index (χ2n) is 7.88. The Kier molecular flexibility index (Phi) is 6.96. The van der Waals surface area contributed by atoms with Gasteiger partial charge in [-0.25, -0.2) is 9.79 Å². The largest absolute Gasteiger partial charge is 0.490 e. The SMILES string of the molecule is CCOc1cc(/C=C2\N=C(c3ccc(C)cc3)OC2=O)ccc1Oc1ccc(C(F)(F)F)cc1[N+](=O)[O-]. The number of rotatable bonds is 7. The molecule has 11 heteroatoms. The number of cyclic esters (lactones) is 1. The molecule has 37 heavy (non-hydrogen) atoms. The number of alkyl halides is 3. The predicted octanol–water partition coefficient (Wildman–Crippen LogP) is 6.46. The molecular weight excluding hydrogens is 493 g/mol. The van der Waals surface area contributed by atoms with E-state index in [-0.39, 0.29) is 29.7 Å². The van der Waals surface area contributed by atoms with Crippen molar-refractivity contribution in [3.05, 3.63) is 98.7 Å². The lowest BCUT2D eigenvalue weighted by atomic mass is 10.1. The van der Waals surface area contributed by atoms with E-state index in [1.165, 1.54) is 24.3 Å². The van der Waals surface area contributed by atoms with Gasteiger partial charge in [0.2, 0.25) is 11.6 Å². The van der Waals surface area contributed by atoms with Crippen LogP contribution in [0.1, 0.15) is 29.2 Å². The molecule has 1 aliphatic rings. The minimum atomic E-state index is -4.75. The second-order valence-corrected chi connectivity index (χ2v) is 7.88. The van der Waals surface area contributed by atoms with E-state index < -0.39 is 34.1 Å². The van der Waals surface area contributed by atoms with Gasteiger partial charge in [0.25, 0.3) is 0 Å². The van der Waals surface area contributed by atoms with E-state index in [1.54, 1.807) is 19.1 Å². The number of halogens is 3. The molecule has 1 heterocycles. The highest BCUT2D eigenvalue weighted by atomic mass is 19.4. The van der Waals surface area contributed by atoms with E-state index >= 15 is 0 Å². The van der Waals surface area contributed by atoms with Gasteiger partial charge in [0.05, 0.1) is 17.1 Å². The van der Waals surface area contributed by atoms with Gasteiger partial charge in [0.15, 0.2) is 17.2 Å². The molecule has 0 aliphatic carbocycles. The molecule has 0 spiro atoms.